The molecule has 43 heavy (non-hydrogen) atoms. The third kappa shape index (κ3) is 7.53. The van der Waals surface area contributed by atoms with Gasteiger partial charge in [-0.15, -0.1) is 11.3 Å². The summed E-state index contributed by atoms with van der Waals surface area (Å²) < 4.78 is 18.4. The topological polar surface area (TPSA) is 140 Å². The van der Waals surface area contributed by atoms with Crippen LogP contribution >= 0.6 is 11.3 Å². The number of ether oxygens (including phenoxy) is 3. The summed E-state index contributed by atoms with van der Waals surface area (Å²) in [4.78, 5) is 49.6. The van der Waals surface area contributed by atoms with E-state index in [1.165, 1.54) is 32.3 Å². The average Bonchev–Trinajstić information content (AvgIpc) is 3.59. The first-order chi connectivity index (χ1) is 20.5. The first-order valence-corrected chi connectivity index (χ1v) is 14.7. The highest BCUT2D eigenvalue weighted by Gasteiger charge is 2.27. The van der Waals surface area contributed by atoms with Crippen LogP contribution in [-0.2, 0) is 27.5 Å². The van der Waals surface area contributed by atoms with Gasteiger partial charge in [0.1, 0.15) is 5.75 Å². The molecule has 228 valence electrons. The largest absolute Gasteiger partial charge is 0.493 e. The van der Waals surface area contributed by atoms with Crippen molar-refractivity contribution in [2.45, 2.75) is 46.2 Å². The molecule has 2 atom stereocenters. The zero-order valence-electron chi connectivity index (χ0n) is 24.4. The van der Waals surface area contributed by atoms with Crippen molar-refractivity contribution < 1.29 is 43.6 Å². The molecule has 11 heteroatoms. The molecule has 0 spiro atoms. The summed E-state index contributed by atoms with van der Waals surface area (Å²) in [5.74, 6) is -2.21. The molecule has 3 aromatic rings. The number of hydrogen-bond donors (Lipinski definition) is 2. The van der Waals surface area contributed by atoms with E-state index in [2.05, 4.69) is 6.58 Å². The number of benzene rings is 2. The van der Waals surface area contributed by atoms with Gasteiger partial charge < -0.3 is 29.3 Å². The van der Waals surface area contributed by atoms with Gasteiger partial charge in [-0.1, -0.05) is 26.5 Å². The molecule has 1 aliphatic rings. The van der Waals surface area contributed by atoms with Gasteiger partial charge in [-0.3, -0.25) is 19.2 Å². The number of hydrogen-bond acceptors (Lipinski definition) is 8. The highest BCUT2D eigenvalue weighted by atomic mass is 32.1. The number of carbonyl (C=O) groups is 4. The van der Waals surface area contributed by atoms with E-state index in [1.54, 1.807) is 23.1 Å². The lowest BCUT2D eigenvalue weighted by Crippen LogP contribution is -2.28. The summed E-state index contributed by atoms with van der Waals surface area (Å²) >= 11 is 1.29. The number of nitrogens with zero attached hydrogens (tertiary/aromatic N) is 1. The minimum Gasteiger partial charge on any atom is -0.493 e. The third-order valence-electron chi connectivity index (χ3n) is 7.32. The maximum Gasteiger partial charge on any atom is 0.306 e. The fourth-order valence-corrected chi connectivity index (χ4v) is 5.75. The van der Waals surface area contributed by atoms with Crippen LogP contribution in [0.1, 0.15) is 59.5 Å². The number of methoxy groups -OCH3 is 1. The number of rotatable bonds is 15. The van der Waals surface area contributed by atoms with Crippen molar-refractivity contribution in [2.24, 2.45) is 11.8 Å². The number of aliphatic carboxylic acids is 2. The van der Waals surface area contributed by atoms with Crippen LogP contribution in [0.2, 0.25) is 0 Å². The predicted octanol–water partition coefficient (Wildman–Crippen LogP) is 5.65. The Morgan fingerprint density at radius 2 is 1.53 bits per heavy atom. The van der Waals surface area contributed by atoms with E-state index in [9.17, 15) is 19.2 Å². The van der Waals surface area contributed by atoms with Gasteiger partial charge in [0.2, 0.25) is 5.91 Å². The summed E-state index contributed by atoms with van der Waals surface area (Å²) in [6.45, 7) is 8.44. The number of fused-ring (bicyclic) bond motifs is 2. The van der Waals surface area contributed by atoms with Crippen LogP contribution < -0.4 is 14.2 Å². The van der Waals surface area contributed by atoms with Crippen LogP contribution in [0.5, 0.6) is 17.2 Å². The highest BCUT2D eigenvalue weighted by Crippen LogP contribution is 2.37. The molecule has 1 aromatic heterocycles. The molecule has 0 bridgehead atoms. The Morgan fingerprint density at radius 1 is 0.907 bits per heavy atom. The van der Waals surface area contributed by atoms with Crippen LogP contribution in [0.25, 0.3) is 16.2 Å². The van der Waals surface area contributed by atoms with Crippen LogP contribution in [0, 0.1) is 11.8 Å². The number of amides is 1. The molecule has 0 saturated heterocycles. The van der Waals surface area contributed by atoms with Crippen LogP contribution in [0.3, 0.4) is 0 Å². The summed E-state index contributed by atoms with van der Waals surface area (Å²) in [6.07, 6.45) is 2.15. The number of Topliss-reactive ketones (excluding diaryl/α,β-unsaturated/α-hetero) is 1. The predicted molar refractivity (Wildman–Crippen MR) is 162 cm³/mol. The van der Waals surface area contributed by atoms with Crippen LogP contribution in [0.15, 0.2) is 36.9 Å². The number of thiophene rings is 1. The molecular formula is C32H35NO9S. The Balaban J connectivity index is 1.34. The minimum absolute atomic E-state index is 0.0452. The Kier molecular flexibility index (Phi) is 10.1. The molecule has 10 nitrogen and oxygen atoms in total. The molecule has 1 amide bonds. The second-order valence-corrected chi connectivity index (χ2v) is 11.7. The zero-order valence-corrected chi connectivity index (χ0v) is 25.2. The number of carboxylic acids is 2. The number of carbonyl (C=O) groups excluding carboxylic acids is 2. The number of carboxylic acid groups (broad SMARTS) is 2. The van der Waals surface area contributed by atoms with Crippen molar-refractivity contribution >= 4 is 51.1 Å². The van der Waals surface area contributed by atoms with E-state index < -0.39 is 23.8 Å². The average molecular weight is 610 g/mol. The van der Waals surface area contributed by atoms with E-state index in [0.717, 1.165) is 26.8 Å². The van der Waals surface area contributed by atoms with Gasteiger partial charge in [-0.05, 0) is 40.8 Å². The fourth-order valence-electron chi connectivity index (χ4n) is 4.73. The Bertz CT molecular complexity index is 1560. The molecule has 0 radical (unpaired) electrons. The molecule has 2 aromatic carbocycles. The smallest absolute Gasteiger partial charge is 0.306 e. The normalized spacial score (nSPS) is 13.7. The van der Waals surface area contributed by atoms with E-state index in [4.69, 9.17) is 24.4 Å². The maximum atomic E-state index is 12.6. The van der Waals surface area contributed by atoms with E-state index in [-0.39, 0.29) is 24.5 Å². The van der Waals surface area contributed by atoms with Crippen molar-refractivity contribution in [1.29, 1.82) is 0 Å². The van der Waals surface area contributed by atoms with Gasteiger partial charge in [-0.25, -0.2) is 0 Å². The number of ketones is 1. The van der Waals surface area contributed by atoms with Crippen molar-refractivity contribution in [1.82, 2.24) is 4.90 Å². The van der Waals surface area contributed by atoms with Crippen LogP contribution in [-0.4, -0.2) is 59.1 Å². The summed E-state index contributed by atoms with van der Waals surface area (Å²) in [5, 5.41) is 19.0. The van der Waals surface area contributed by atoms with Crippen LogP contribution in [0.4, 0.5) is 0 Å². The lowest BCUT2D eigenvalue weighted by molar-refractivity contribution is -0.145. The lowest BCUT2D eigenvalue weighted by atomic mass is 10.0. The van der Waals surface area contributed by atoms with Crippen molar-refractivity contribution in [3.63, 3.8) is 0 Å². The SMILES string of the molecule is C=Cc1cc2c(cc1OCCCOc1cc3cc(C(=O)C[C@H](C)C(=O)O)sc3cc1OC)CN(C(=O)C[C@H](C)C(=O)O)C2. The molecular weight excluding hydrogens is 574 g/mol. The van der Waals surface area contributed by atoms with Crippen molar-refractivity contribution in [3.8, 4) is 17.2 Å². The molecule has 0 fully saturated rings. The molecule has 1 aliphatic heterocycles. The lowest BCUT2D eigenvalue weighted by Gasteiger charge is -2.16. The Labute approximate surface area is 253 Å². The second kappa shape index (κ2) is 13.7. The Morgan fingerprint density at radius 3 is 2.16 bits per heavy atom. The van der Waals surface area contributed by atoms with Crippen molar-refractivity contribution in [3.05, 3.63) is 58.5 Å². The second-order valence-electron chi connectivity index (χ2n) is 10.6. The summed E-state index contributed by atoms with van der Waals surface area (Å²) in [5.41, 5.74) is 2.75. The van der Waals surface area contributed by atoms with Gasteiger partial charge in [0, 0.05) is 48.7 Å². The molecule has 0 aliphatic carbocycles. The summed E-state index contributed by atoms with van der Waals surface area (Å²) in [6, 6.07) is 9.22. The molecule has 2 heterocycles. The van der Waals surface area contributed by atoms with E-state index in [1.807, 2.05) is 18.2 Å². The molecule has 4 rings (SSSR count). The quantitative estimate of drug-likeness (QED) is 0.165. The fraction of sp³-hybridized carbons (Fsp3) is 0.375. The van der Waals surface area contributed by atoms with Gasteiger partial charge in [0.25, 0.3) is 0 Å². The third-order valence-corrected chi connectivity index (χ3v) is 8.46. The minimum atomic E-state index is -1.00. The molecule has 0 saturated carbocycles. The first kappa shape index (κ1) is 31.6. The first-order valence-electron chi connectivity index (χ1n) is 13.9. The van der Waals surface area contributed by atoms with Gasteiger partial charge >= 0.3 is 11.9 Å². The molecule has 2 N–H and O–H groups in total. The van der Waals surface area contributed by atoms with Crippen molar-refractivity contribution in [2.75, 3.05) is 20.3 Å². The van der Waals surface area contributed by atoms with Gasteiger partial charge in [-0.2, -0.15) is 0 Å². The van der Waals surface area contributed by atoms with Gasteiger partial charge in [0.05, 0.1) is 37.0 Å². The van der Waals surface area contributed by atoms with E-state index >= 15 is 0 Å². The monoisotopic (exact) mass is 609 g/mol. The molecule has 0 unspecified atom stereocenters. The highest BCUT2D eigenvalue weighted by molar-refractivity contribution is 7.20. The zero-order chi connectivity index (χ0) is 31.3. The van der Waals surface area contributed by atoms with Gasteiger partial charge in [0.15, 0.2) is 17.3 Å². The maximum absolute atomic E-state index is 12.6. The standard InChI is InChI=1S/C32H35NO9S/c1-5-20-11-22-16-33(30(35)10-19(3)32(38)39)17-23(22)13-25(20)41-7-6-8-42-27-12-21-14-29(24(34)9-18(2)31(36)37)43-28(21)15-26(27)40-4/h5,11-15,18-19H,1,6-10,16-17H2,2-4H3,(H,36,37)(H,38,39)/t18-,19-/m0/s1. The Hall–Kier alpha value is -4.38. The summed E-state index contributed by atoms with van der Waals surface area (Å²) in [7, 11) is 1.54. The van der Waals surface area contributed by atoms with E-state index in [0.29, 0.717) is 54.8 Å².